The number of urea groups is 1. The van der Waals surface area contributed by atoms with Crippen molar-refractivity contribution in [1.82, 2.24) is 15.6 Å². The van der Waals surface area contributed by atoms with Crippen molar-refractivity contribution in [3.8, 4) is 0 Å². The van der Waals surface area contributed by atoms with Crippen LogP contribution in [-0.4, -0.2) is 29.5 Å². The van der Waals surface area contributed by atoms with Crippen molar-refractivity contribution < 1.29 is 14.0 Å². The molecular formula is C19H21FN4O2. The minimum absolute atomic E-state index is 0.170. The second kappa shape index (κ2) is 8.42. The number of hydrogen-bond acceptors (Lipinski definition) is 3. The Balaban J connectivity index is 1.80. The van der Waals surface area contributed by atoms with Crippen molar-refractivity contribution in [3.63, 3.8) is 0 Å². The molecule has 1 fully saturated rings. The van der Waals surface area contributed by atoms with Crippen LogP contribution in [0.15, 0.2) is 48.8 Å². The molecule has 0 saturated carbocycles. The zero-order valence-corrected chi connectivity index (χ0v) is 14.3. The van der Waals surface area contributed by atoms with Crippen LogP contribution < -0.4 is 15.5 Å². The highest BCUT2D eigenvalue weighted by Gasteiger charge is 2.25. The van der Waals surface area contributed by atoms with Crippen LogP contribution in [0.2, 0.25) is 0 Å². The second-order valence-corrected chi connectivity index (χ2v) is 6.21. The molecule has 1 aromatic carbocycles. The maximum atomic E-state index is 13.3. The number of pyridine rings is 1. The Morgan fingerprint density at radius 3 is 2.81 bits per heavy atom. The van der Waals surface area contributed by atoms with E-state index in [2.05, 4.69) is 15.6 Å². The minimum atomic E-state index is -0.568. The van der Waals surface area contributed by atoms with Gasteiger partial charge >= 0.3 is 6.03 Å². The molecule has 26 heavy (non-hydrogen) atoms. The van der Waals surface area contributed by atoms with Gasteiger partial charge in [0.05, 0.1) is 6.54 Å². The summed E-state index contributed by atoms with van der Waals surface area (Å²) in [5, 5.41) is 5.61. The summed E-state index contributed by atoms with van der Waals surface area (Å²) in [6.45, 7) is 0.891. The Bertz CT molecular complexity index is 752. The third-order valence-electron chi connectivity index (χ3n) is 4.28. The lowest BCUT2D eigenvalue weighted by Crippen LogP contribution is -2.50. The highest BCUT2D eigenvalue weighted by molar-refractivity contribution is 5.95. The molecule has 1 aromatic heterocycles. The molecule has 0 radical (unpaired) electrons. The molecule has 6 nitrogen and oxygen atoms in total. The van der Waals surface area contributed by atoms with Gasteiger partial charge in [0.25, 0.3) is 0 Å². The number of aromatic nitrogens is 1. The monoisotopic (exact) mass is 356 g/mol. The predicted molar refractivity (Wildman–Crippen MR) is 96.0 cm³/mol. The van der Waals surface area contributed by atoms with Gasteiger partial charge in [-0.2, -0.15) is 0 Å². The van der Waals surface area contributed by atoms with E-state index in [1.165, 1.54) is 17.0 Å². The zero-order chi connectivity index (χ0) is 18.4. The van der Waals surface area contributed by atoms with Gasteiger partial charge in [-0.15, -0.1) is 0 Å². The molecule has 0 spiro atoms. The van der Waals surface area contributed by atoms with Gasteiger partial charge in [0.1, 0.15) is 11.9 Å². The topological polar surface area (TPSA) is 74.3 Å². The number of nitrogens with one attached hydrogen (secondary N) is 2. The molecule has 0 aliphatic carbocycles. The van der Waals surface area contributed by atoms with Gasteiger partial charge in [-0.05, 0) is 55.2 Å². The summed E-state index contributed by atoms with van der Waals surface area (Å²) < 4.78 is 13.3. The Hall–Kier alpha value is -2.96. The molecule has 1 atom stereocenters. The van der Waals surface area contributed by atoms with E-state index in [0.717, 1.165) is 18.4 Å². The molecular weight excluding hydrogens is 335 g/mol. The lowest BCUT2D eigenvalue weighted by atomic mass is 10.1. The van der Waals surface area contributed by atoms with E-state index in [4.69, 9.17) is 0 Å². The highest BCUT2D eigenvalue weighted by atomic mass is 19.1. The fraction of sp³-hybridized carbons (Fsp3) is 0.316. The van der Waals surface area contributed by atoms with E-state index in [-0.39, 0.29) is 18.3 Å². The fourth-order valence-corrected chi connectivity index (χ4v) is 2.88. The molecule has 1 aliphatic rings. The van der Waals surface area contributed by atoms with Crippen molar-refractivity contribution in [2.24, 2.45) is 0 Å². The van der Waals surface area contributed by atoms with Crippen LogP contribution in [0.5, 0.6) is 0 Å². The van der Waals surface area contributed by atoms with Gasteiger partial charge in [0.15, 0.2) is 0 Å². The summed E-state index contributed by atoms with van der Waals surface area (Å²) in [6.07, 6.45) is 5.68. The first-order chi connectivity index (χ1) is 12.6. The first-order valence-corrected chi connectivity index (χ1v) is 8.64. The van der Waals surface area contributed by atoms with Crippen LogP contribution in [0.25, 0.3) is 0 Å². The van der Waals surface area contributed by atoms with Crippen LogP contribution in [0.4, 0.5) is 14.9 Å². The van der Waals surface area contributed by atoms with Crippen molar-refractivity contribution >= 4 is 17.6 Å². The molecule has 2 N–H and O–H groups in total. The predicted octanol–water partition coefficient (Wildman–Crippen LogP) is 2.61. The molecule has 0 bridgehead atoms. The molecule has 2 heterocycles. The Morgan fingerprint density at radius 2 is 2.08 bits per heavy atom. The standard InChI is InChI=1S/C19H21FN4O2/c20-15-6-8-16(9-7-15)24(13-14-4-3-10-21-12-14)19(26)23-17-5-1-2-11-22-18(17)25/h3-4,6-10,12,17H,1-2,5,11,13H2,(H,22,25)(H,23,26)/t17-/m0/s1. The Kier molecular flexibility index (Phi) is 5.78. The lowest BCUT2D eigenvalue weighted by molar-refractivity contribution is -0.122. The summed E-state index contributed by atoms with van der Waals surface area (Å²) in [7, 11) is 0. The summed E-state index contributed by atoms with van der Waals surface area (Å²) >= 11 is 0. The van der Waals surface area contributed by atoms with Crippen molar-refractivity contribution in [3.05, 3.63) is 60.2 Å². The number of anilines is 1. The average Bonchev–Trinajstić information content (AvgIpc) is 2.86. The summed E-state index contributed by atoms with van der Waals surface area (Å²) in [4.78, 5) is 30.5. The fourth-order valence-electron chi connectivity index (χ4n) is 2.88. The Morgan fingerprint density at radius 1 is 1.27 bits per heavy atom. The van der Waals surface area contributed by atoms with Crippen LogP contribution in [-0.2, 0) is 11.3 Å². The number of halogens is 1. The van der Waals surface area contributed by atoms with Crippen LogP contribution >= 0.6 is 0 Å². The average molecular weight is 356 g/mol. The largest absolute Gasteiger partial charge is 0.354 e. The molecule has 0 unspecified atom stereocenters. The van der Waals surface area contributed by atoms with Gasteiger partial charge in [-0.1, -0.05) is 6.07 Å². The molecule has 2 aromatic rings. The highest BCUT2D eigenvalue weighted by Crippen LogP contribution is 2.18. The number of benzene rings is 1. The maximum absolute atomic E-state index is 13.3. The van der Waals surface area contributed by atoms with Crippen molar-refractivity contribution in [1.29, 1.82) is 0 Å². The van der Waals surface area contributed by atoms with E-state index in [9.17, 15) is 14.0 Å². The number of carbonyl (C=O) groups is 2. The number of nitrogens with zero attached hydrogens (tertiary/aromatic N) is 2. The van der Waals surface area contributed by atoms with E-state index in [1.807, 2.05) is 6.07 Å². The summed E-state index contributed by atoms with van der Waals surface area (Å²) in [6, 6.07) is 8.36. The minimum Gasteiger partial charge on any atom is -0.354 e. The number of amides is 3. The number of hydrogen-bond donors (Lipinski definition) is 2. The van der Waals surface area contributed by atoms with Gasteiger partial charge in [-0.3, -0.25) is 14.7 Å². The van der Waals surface area contributed by atoms with Gasteiger partial charge in [0, 0.05) is 24.6 Å². The summed E-state index contributed by atoms with van der Waals surface area (Å²) in [5.41, 5.74) is 1.37. The second-order valence-electron chi connectivity index (χ2n) is 6.21. The van der Waals surface area contributed by atoms with E-state index in [1.54, 1.807) is 30.6 Å². The van der Waals surface area contributed by atoms with E-state index >= 15 is 0 Å². The summed E-state index contributed by atoms with van der Waals surface area (Å²) in [5.74, 6) is -0.546. The number of rotatable bonds is 4. The molecule has 3 amide bonds. The molecule has 1 aliphatic heterocycles. The van der Waals surface area contributed by atoms with Gasteiger partial charge in [-0.25, -0.2) is 9.18 Å². The molecule has 3 rings (SSSR count). The molecule has 7 heteroatoms. The zero-order valence-electron chi connectivity index (χ0n) is 14.3. The Labute approximate surface area is 151 Å². The third-order valence-corrected chi connectivity index (χ3v) is 4.28. The van der Waals surface area contributed by atoms with E-state index < -0.39 is 12.1 Å². The third kappa shape index (κ3) is 4.56. The van der Waals surface area contributed by atoms with Crippen LogP contribution in [0, 0.1) is 5.82 Å². The molecule has 136 valence electrons. The van der Waals surface area contributed by atoms with Crippen LogP contribution in [0.1, 0.15) is 24.8 Å². The van der Waals surface area contributed by atoms with Gasteiger partial charge < -0.3 is 10.6 Å². The normalized spacial score (nSPS) is 17.1. The SMILES string of the molecule is O=C1NCCCC[C@@H]1NC(=O)N(Cc1cccnc1)c1ccc(F)cc1. The molecule has 1 saturated heterocycles. The van der Waals surface area contributed by atoms with Crippen molar-refractivity contribution in [2.45, 2.75) is 31.8 Å². The smallest absolute Gasteiger partial charge is 0.322 e. The van der Waals surface area contributed by atoms with Crippen LogP contribution in [0.3, 0.4) is 0 Å². The maximum Gasteiger partial charge on any atom is 0.322 e. The van der Waals surface area contributed by atoms with Gasteiger partial charge in [0.2, 0.25) is 5.91 Å². The quantitative estimate of drug-likeness (QED) is 0.884. The first kappa shape index (κ1) is 17.8. The number of carbonyl (C=O) groups excluding carboxylic acids is 2. The van der Waals surface area contributed by atoms with E-state index in [0.29, 0.717) is 18.7 Å². The van der Waals surface area contributed by atoms with Crippen molar-refractivity contribution in [2.75, 3.05) is 11.4 Å². The lowest BCUT2D eigenvalue weighted by Gasteiger charge is -2.26. The first-order valence-electron chi connectivity index (χ1n) is 8.64.